The second-order valence-electron chi connectivity index (χ2n) is 6.28. The van der Waals surface area contributed by atoms with Gasteiger partial charge in [-0.3, -0.25) is 4.79 Å². The lowest BCUT2D eigenvalue weighted by Crippen LogP contribution is -2.15. The normalized spacial score (nSPS) is 11.0. The van der Waals surface area contributed by atoms with Crippen molar-refractivity contribution in [2.24, 2.45) is 7.05 Å². The molecule has 0 spiro atoms. The van der Waals surface area contributed by atoms with Crippen LogP contribution in [0.25, 0.3) is 22.6 Å². The first kappa shape index (κ1) is 19.1. The number of amides is 1. The van der Waals surface area contributed by atoms with E-state index in [1.165, 1.54) is 11.8 Å². The van der Waals surface area contributed by atoms with Gasteiger partial charge in [0.05, 0.1) is 18.0 Å². The summed E-state index contributed by atoms with van der Waals surface area (Å²) in [5.74, 6) is 1.97. The lowest BCUT2D eigenvalue weighted by molar-refractivity contribution is -0.113. The molecule has 0 saturated heterocycles. The number of carbonyl (C=O) groups is 1. The summed E-state index contributed by atoms with van der Waals surface area (Å²) in [6.07, 6.45) is 0. The monoisotopic (exact) mass is 408 g/mol. The third-order valence-corrected chi connectivity index (χ3v) is 5.29. The summed E-state index contributed by atoms with van der Waals surface area (Å²) < 4.78 is 13.2. The largest absolute Gasteiger partial charge is 0.492 e. The molecule has 8 heteroatoms. The van der Waals surface area contributed by atoms with Crippen LogP contribution in [-0.4, -0.2) is 33.0 Å². The Hall–Kier alpha value is -3.26. The number of anilines is 1. The number of carbonyl (C=O) groups excluding carboxylic acids is 1. The van der Waals surface area contributed by atoms with E-state index < -0.39 is 0 Å². The number of ether oxygens (including phenoxy) is 1. The maximum Gasteiger partial charge on any atom is 0.234 e. The highest BCUT2D eigenvalue weighted by Crippen LogP contribution is 2.29. The van der Waals surface area contributed by atoms with E-state index in [0.29, 0.717) is 34.8 Å². The molecule has 0 saturated carbocycles. The number of hydrogen-bond donors (Lipinski definition) is 1. The highest BCUT2D eigenvalue weighted by molar-refractivity contribution is 7.99. The van der Waals surface area contributed by atoms with Crippen molar-refractivity contribution in [1.82, 2.24) is 14.8 Å². The number of benzene rings is 2. The van der Waals surface area contributed by atoms with E-state index in [9.17, 15) is 4.79 Å². The first-order chi connectivity index (χ1) is 14.2. The van der Waals surface area contributed by atoms with Crippen molar-refractivity contribution in [3.8, 4) is 17.3 Å². The topological polar surface area (TPSA) is 82.2 Å². The Balaban J connectivity index is 1.44. The van der Waals surface area contributed by atoms with Crippen LogP contribution < -0.4 is 10.1 Å². The summed E-state index contributed by atoms with van der Waals surface area (Å²) in [6, 6.07) is 17.1. The highest BCUT2D eigenvalue weighted by atomic mass is 32.2. The van der Waals surface area contributed by atoms with E-state index in [1.807, 2.05) is 73.1 Å². The molecule has 0 bridgehead atoms. The molecular formula is C21H20N4O3S. The Morgan fingerprint density at radius 1 is 1.17 bits per heavy atom. The Bertz CT molecular complexity index is 1120. The molecule has 0 aliphatic heterocycles. The minimum atomic E-state index is -0.143. The molecule has 0 unspecified atom stereocenters. The van der Waals surface area contributed by atoms with Crippen LogP contribution in [0.2, 0.25) is 0 Å². The third-order valence-electron chi connectivity index (χ3n) is 4.27. The quantitative estimate of drug-likeness (QED) is 0.458. The standard InChI is InChI=1S/C21H20N4O3S/c1-3-27-17-11-7-5-9-15(17)22-19(26)13-29-21-24-23-20(25(21)2)18-12-14-8-4-6-10-16(14)28-18/h4-12H,3,13H2,1-2H3,(H,22,26). The Labute approximate surface area is 172 Å². The first-order valence-electron chi connectivity index (χ1n) is 9.18. The molecule has 2 aromatic heterocycles. The fraction of sp³-hybridized carbons (Fsp3) is 0.190. The first-order valence-corrected chi connectivity index (χ1v) is 10.2. The van der Waals surface area contributed by atoms with E-state index in [-0.39, 0.29) is 11.7 Å². The molecule has 1 amide bonds. The molecule has 29 heavy (non-hydrogen) atoms. The van der Waals surface area contributed by atoms with Crippen LogP contribution in [0.1, 0.15) is 6.92 Å². The lowest BCUT2D eigenvalue weighted by Gasteiger charge is -2.10. The van der Waals surface area contributed by atoms with Crippen molar-refractivity contribution in [1.29, 1.82) is 0 Å². The van der Waals surface area contributed by atoms with Gasteiger partial charge in [-0.15, -0.1) is 10.2 Å². The number of rotatable bonds is 7. The number of nitrogens with zero attached hydrogens (tertiary/aromatic N) is 3. The summed E-state index contributed by atoms with van der Waals surface area (Å²) >= 11 is 1.31. The van der Waals surface area contributed by atoms with Gasteiger partial charge in [0.1, 0.15) is 11.3 Å². The summed E-state index contributed by atoms with van der Waals surface area (Å²) in [5, 5.41) is 12.9. The average molecular weight is 408 g/mol. The molecule has 4 rings (SSSR count). The van der Waals surface area contributed by atoms with Gasteiger partial charge in [0.25, 0.3) is 0 Å². The van der Waals surface area contributed by atoms with Crippen molar-refractivity contribution < 1.29 is 13.9 Å². The predicted molar refractivity (Wildman–Crippen MR) is 113 cm³/mol. The van der Waals surface area contributed by atoms with E-state index in [1.54, 1.807) is 0 Å². The van der Waals surface area contributed by atoms with Gasteiger partial charge in [0.2, 0.25) is 5.91 Å². The summed E-state index contributed by atoms with van der Waals surface area (Å²) in [7, 11) is 1.85. The molecule has 0 fully saturated rings. The van der Waals surface area contributed by atoms with Gasteiger partial charge >= 0.3 is 0 Å². The zero-order chi connectivity index (χ0) is 20.2. The lowest BCUT2D eigenvalue weighted by atomic mass is 10.2. The van der Waals surface area contributed by atoms with E-state index in [4.69, 9.17) is 9.15 Å². The molecule has 2 aromatic carbocycles. The molecule has 2 heterocycles. The Kier molecular flexibility index (Phi) is 5.53. The van der Waals surface area contributed by atoms with E-state index >= 15 is 0 Å². The molecular weight excluding hydrogens is 388 g/mol. The van der Waals surface area contributed by atoms with Crippen LogP contribution in [0.15, 0.2) is 64.2 Å². The average Bonchev–Trinajstić information content (AvgIpc) is 3.31. The highest BCUT2D eigenvalue weighted by Gasteiger charge is 2.16. The maximum atomic E-state index is 12.4. The van der Waals surface area contributed by atoms with E-state index in [0.717, 1.165) is 11.0 Å². The Morgan fingerprint density at radius 3 is 2.79 bits per heavy atom. The van der Waals surface area contributed by atoms with Crippen LogP contribution in [0.5, 0.6) is 5.75 Å². The molecule has 0 aliphatic rings. The second-order valence-corrected chi connectivity index (χ2v) is 7.22. The van der Waals surface area contributed by atoms with E-state index in [2.05, 4.69) is 15.5 Å². The number of hydrogen-bond acceptors (Lipinski definition) is 6. The molecule has 0 radical (unpaired) electrons. The summed E-state index contributed by atoms with van der Waals surface area (Å²) in [6.45, 7) is 2.44. The van der Waals surface area contributed by atoms with Crippen molar-refractivity contribution in [3.05, 3.63) is 54.6 Å². The summed E-state index contributed by atoms with van der Waals surface area (Å²) in [5.41, 5.74) is 1.45. The van der Waals surface area contributed by atoms with Gasteiger partial charge in [0, 0.05) is 12.4 Å². The molecule has 148 valence electrons. The number of thioether (sulfide) groups is 1. The molecule has 1 N–H and O–H groups in total. The summed E-state index contributed by atoms with van der Waals surface area (Å²) in [4.78, 5) is 12.4. The number of furan rings is 1. The number of fused-ring (bicyclic) bond motifs is 1. The molecule has 7 nitrogen and oxygen atoms in total. The van der Waals surface area contributed by atoms with Gasteiger partial charge in [-0.05, 0) is 31.2 Å². The number of aromatic nitrogens is 3. The fourth-order valence-corrected chi connectivity index (χ4v) is 3.63. The van der Waals surface area contributed by atoms with Gasteiger partial charge in [0.15, 0.2) is 16.7 Å². The fourth-order valence-electron chi connectivity index (χ4n) is 2.91. The van der Waals surface area contributed by atoms with Crippen LogP contribution >= 0.6 is 11.8 Å². The molecule has 0 atom stereocenters. The van der Waals surface area contributed by atoms with Gasteiger partial charge in [-0.1, -0.05) is 42.1 Å². The van der Waals surface area contributed by atoms with Crippen molar-refractivity contribution >= 4 is 34.3 Å². The van der Waals surface area contributed by atoms with Crippen LogP contribution in [0, 0.1) is 0 Å². The predicted octanol–water partition coefficient (Wildman–Crippen LogP) is 4.36. The Morgan fingerprint density at radius 2 is 1.97 bits per heavy atom. The zero-order valence-corrected chi connectivity index (χ0v) is 16.9. The molecule has 0 aliphatic carbocycles. The van der Waals surface area contributed by atoms with Crippen molar-refractivity contribution in [2.45, 2.75) is 12.1 Å². The smallest absolute Gasteiger partial charge is 0.234 e. The van der Waals surface area contributed by atoms with Crippen molar-refractivity contribution in [3.63, 3.8) is 0 Å². The van der Waals surface area contributed by atoms with Gasteiger partial charge in [-0.2, -0.15) is 0 Å². The molecule has 4 aromatic rings. The van der Waals surface area contributed by atoms with Crippen molar-refractivity contribution in [2.75, 3.05) is 17.7 Å². The minimum absolute atomic E-state index is 0.143. The van der Waals surface area contributed by atoms with Crippen LogP contribution in [0.3, 0.4) is 0 Å². The van der Waals surface area contributed by atoms with Gasteiger partial charge in [-0.25, -0.2) is 0 Å². The zero-order valence-electron chi connectivity index (χ0n) is 16.1. The second kappa shape index (κ2) is 8.40. The maximum absolute atomic E-state index is 12.4. The van der Waals surface area contributed by atoms with Gasteiger partial charge < -0.3 is 19.0 Å². The van der Waals surface area contributed by atoms with Crippen LogP contribution in [0.4, 0.5) is 5.69 Å². The van der Waals surface area contributed by atoms with Crippen LogP contribution in [-0.2, 0) is 11.8 Å². The minimum Gasteiger partial charge on any atom is -0.492 e. The SMILES string of the molecule is CCOc1ccccc1NC(=O)CSc1nnc(-c2cc3ccccc3o2)n1C. The number of para-hydroxylation sites is 3. The number of nitrogens with one attached hydrogen (secondary N) is 1. The third kappa shape index (κ3) is 4.12.